The highest BCUT2D eigenvalue weighted by Crippen LogP contribution is 2.06. The first-order chi connectivity index (χ1) is 6.74. The number of hydrogen-bond donors (Lipinski definition) is 3. The molecule has 0 aliphatic carbocycles. The molecular weight excluding hydrogens is 184 g/mol. The molecule has 0 bridgehead atoms. The molecule has 14 heavy (non-hydrogen) atoms. The first-order valence-electron chi connectivity index (χ1n) is 4.87. The van der Waals surface area contributed by atoms with Crippen LogP contribution in [0.1, 0.15) is 25.7 Å². The van der Waals surface area contributed by atoms with Crippen molar-refractivity contribution < 1.29 is 15.0 Å². The van der Waals surface area contributed by atoms with Crippen LogP contribution in [0.5, 0.6) is 0 Å². The molecule has 0 spiro atoms. The van der Waals surface area contributed by atoms with E-state index in [0.717, 1.165) is 32.2 Å². The van der Waals surface area contributed by atoms with Gasteiger partial charge in [0.2, 0.25) is 0 Å². The average Bonchev–Trinajstić information content (AvgIpc) is 2.41. The third-order valence-electron chi connectivity index (χ3n) is 2.20. The molecule has 0 amide bonds. The van der Waals surface area contributed by atoms with E-state index >= 15 is 0 Å². The minimum Gasteiger partial charge on any atom is -0.480 e. The molecule has 1 atom stereocenters. The van der Waals surface area contributed by atoms with Crippen molar-refractivity contribution in [2.24, 2.45) is 4.99 Å². The van der Waals surface area contributed by atoms with Gasteiger partial charge in [0.1, 0.15) is 6.04 Å². The smallest absolute Gasteiger partial charge is 0.328 e. The minimum atomic E-state index is -1.04. The van der Waals surface area contributed by atoms with Crippen molar-refractivity contribution >= 4 is 11.8 Å². The third-order valence-corrected chi connectivity index (χ3v) is 2.20. The van der Waals surface area contributed by atoms with E-state index in [0.29, 0.717) is 5.84 Å². The van der Waals surface area contributed by atoms with Gasteiger partial charge in [-0.05, 0) is 12.8 Å². The van der Waals surface area contributed by atoms with E-state index in [1.165, 1.54) is 0 Å². The topological polar surface area (TPSA) is 81.9 Å². The second kappa shape index (κ2) is 5.59. The van der Waals surface area contributed by atoms with Gasteiger partial charge in [-0.3, -0.25) is 4.99 Å². The molecule has 0 radical (unpaired) electrons. The lowest BCUT2D eigenvalue weighted by atomic mass is 10.2. The Morgan fingerprint density at radius 1 is 1.50 bits per heavy atom. The highest BCUT2D eigenvalue weighted by molar-refractivity contribution is 5.87. The maximum Gasteiger partial charge on any atom is 0.328 e. The summed E-state index contributed by atoms with van der Waals surface area (Å²) in [6.07, 6.45) is 4.00. The van der Waals surface area contributed by atoms with Gasteiger partial charge in [0.05, 0.1) is 12.4 Å². The lowest BCUT2D eigenvalue weighted by Gasteiger charge is -2.13. The van der Waals surface area contributed by atoms with Gasteiger partial charge in [0, 0.05) is 13.0 Å². The molecule has 5 nitrogen and oxygen atoms in total. The Hall–Kier alpha value is -1.10. The fourth-order valence-electron chi connectivity index (χ4n) is 1.38. The standard InChI is InChI=1S/C9H16N2O3/c12-6-7(9(13)14)11-8-4-2-1-3-5-10-8/h7,12H,1-6H2,(H,10,11)(H,13,14). The van der Waals surface area contributed by atoms with E-state index in [9.17, 15) is 4.79 Å². The summed E-state index contributed by atoms with van der Waals surface area (Å²) >= 11 is 0. The van der Waals surface area contributed by atoms with Crippen LogP contribution < -0.4 is 5.32 Å². The van der Waals surface area contributed by atoms with Crippen molar-refractivity contribution in [3.8, 4) is 0 Å². The van der Waals surface area contributed by atoms with Gasteiger partial charge in [0.15, 0.2) is 0 Å². The van der Waals surface area contributed by atoms with Crippen LogP contribution in [0.4, 0.5) is 0 Å². The van der Waals surface area contributed by atoms with Crippen LogP contribution >= 0.6 is 0 Å². The summed E-state index contributed by atoms with van der Waals surface area (Å²) in [7, 11) is 0. The molecule has 1 unspecified atom stereocenters. The molecule has 1 aliphatic heterocycles. The number of nitrogens with zero attached hydrogens (tertiary/aromatic N) is 1. The number of rotatable bonds is 3. The van der Waals surface area contributed by atoms with Crippen molar-refractivity contribution in [3.63, 3.8) is 0 Å². The van der Waals surface area contributed by atoms with Gasteiger partial charge < -0.3 is 15.5 Å². The Bertz CT molecular complexity index is 228. The Labute approximate surface area is 82.8 Å². The van der Waals surface area contributed by atoms with E-state index in [4.69, 9.17) is 10.2 Å². The maximum absolute atomic E-state index is 10.6. The van der Waals surface area contributed by atoms with Crippen molar-refractivity contribution in [1.82, 2.24) is 5.32 Å². The number of aliphatic imine (C=N–C) groups is 1. The lowest BCUT2D eigenvalue weighted by molar-refractivity contribution is -0.140. The maximum atomic E-state index is 10.6. The largest absolute Gasteiger partial charge is 0.480 e. The zero-order valence-electron chi connectivity index (χ0n) is 8.07. The zero-order chi connectivity index (χ0) is 10.4. The second-order valence-corrected chi connectivity index (χ2v) is 3.36. The molecule has 1 rings (SSSR count). The summed E-state index contributed by atoms with van der Waals surface area (Å²) in [5.74, 6) is -0.330. The summed E-state index contributed by atoms with van der Waals surface area (Å²) in [5, 5.41) is 20.2. The van der Waals surface area contributed by atoms with Crippen LogP contribution in [-0.2, 0) is 4.79 Å². The third kappa shape index (κ3) is 3.33. The number of hydrogen-bond acceptors (Lipinski definition) is 4. The predicted molar refractivity (Wildman–Crippen MR) is 52.4 cm³/mol. The number of carboxylic acid groups (broad SMARTS) is 1. The number of aliphatic hydroxyl groups excluding tert-OH is 1. The fourth-order valence-corrected chi connectivity index (χ4v) is 1.38. The summed E-state index contributed by atoms with van der Waals surface area (Å²) < 4.78 is 0. The SMILES string of the molecule is O=C(O)C(CO)NC1=NCCCCC1. The Kier molecular flexibility index (Phi) is 4.39. The number of aliphatic hydroxyl groups is 1. The number of carboxylic acids is 1. The number of amidine groups is 1. The van der Waals surface area contributed by atoms with Crippen LogP contribution in [0.2, 0.25) is 0 Å². The normalized spacial score (nSPS) is 19.4. The van der Waals surface area contributed by atoms with Crippen LogP contribution in [-0.4, -0.2) is 41.2 Å². The monoisotopic (exact) mass is 200 g/mol. The van der Waals surface area contributed by atoms with E-state index in [-0.39, 0.29) is 0 Å². The highest BCUT2D eigenvalue weighted by Gasteiger charge is 2.17. The van der Waals surface area contributed by atoms with Gasteiger partial charge in [-0.1, -0.05) is 6.42 Å². The summed E-state index contributed by atoms with van der Waals surface area (Å²) in [5.41, 5.74) is 0. The summed E-state index contributed by atoms with van der Waals surface area (Å²) in [6, 6.07) is -0.924. The molecular formula is C9H16N2O3. The van der Waals surface area contributed by atoms with Gasteiger partial charge in [-0.25, -0.2) is 4.79 Å². The molecule has 0 fully saturated rings. The molecule has 1 aliphatic rings. The Balaban J connectivity index is 2.47. The van der Waals surface area contributed by atoms with Gasteiger partial charge in [-0.2, -0.15) is 0 Å². The van der Waals surface area contributed by atoms with E-state index in [1.807, 2.05) is 0 Å². The molecule has 0 saturated heterocycles. The molecule has 3 N–H and O–H groups in total. The lowest BCUT2D eigenvalue weighted by Crippen LogP contribution is -2.43. The molecule has 0 aromatic heterocycles. The Morgan fingerprint density at radius 3 is 2.93 bits per heavy atom. The summed E-state index contributed by atoms with van der Waals surface area (Å²) in [4.78, 5) is 14.8. The number of carbonyl (C=O) groups is 1. The molecule has 0 saturated carbocycles. The van der Waals surface area contributed by atoms with Gasteiger partial charge in [0.25, 0.3) is 0 Å². The molecule has 80 valence electrons. The van der Waals surface area contributed by atoms with E-state index in [2.05, 4.69) is 10.3 Å². The summed E-state index contributed by atoms with van der Waals surface area (Å²) in [6.45, 7) is 0.342. The quantitative estimate of drug-likeness (QED) is 0.598. The van der Waals surface area contributed by atoms with Crippen LogP contribution in [0.15, 0.2) is 4.99 Å². The second-order valence-electron chi connectivity index (χ2n) is 3.36. The van der Waals surface area contributed by atoms with E-state index < -0.39 is 18.6 Å². The molecule has 0 aromatic carbocycles. The van der Waals surface area contributed by atoms with Crippen LogP contribution in [0.25, 0.3) is 0 Å². The number of aliphatic carboxylic acids is 1. The molecule has 5 heteroatoms. The fraction of sp³-hybridized carbons (Fsp3) is 0.778. The van der Waals surface area contributed by atoms with Gasteiger partial charge in [-0.15, -0.1) is 0 Å². The minimum absolute atomic E-state index is 0.408. The van der Waals surface area contributed by atoms with Crippen molar-refractivity contribution in [3.05, 3.63) is 0 Å². The molecule has 0 aromatic rings. The highest BCUT2D eigenvalue weighted by atomic mass is 16.4. The van der Waals surface area contributed by atoms with Crippen molar-refractivity contribution in [2.75, 3.05) is 13.2 Å². The zero-order valence-corrected chi connectivity index (χ0v) is 8.07. The van der Waals surface area contributed by atoms with Crippen LogP contribution in [0, 0.1) is 0 Å². The van der Waals surface area contributed by atoms with Crippen molar-refractivity contribution in [1.29, 1.82) is 0 Å². The first kappa shape index (κ1) is 11.0. The predicted octanol–water partition coefficient (Wildman–Crippen LogP) is -0.00600. The Morgan fingerprint density at radius 2 is 2.29 bits per heavy atom. The van der Waals surface area contributed by atoms with E-state index in [1.54, 1.807) is 0 Å². The average molecular weight is 200 g/mol. The molecule has 1 heterocycles. The van der Waals surface area contributed by atoms with Crippen molar-refractivity contribution in [2.45, 2.75) is 31.7 Å². The number of nitrogens with one attached hydrogen (secondary N) is 1. The van der Waals surface area contributed by atoms with Crippen LogP contribution in [0.3, 0.4) is 0 Å². The van der Waals surface area contributed by atoms with Gasteiger partial charge >= 0.3 is 5.97 Å². The first-order valence-corrected chi connectivity index (χ1v) is 4.87.